The van der Waals surface area contributed by atoms with E-state index in [0.29, 0.717) is 19.4 Å². The molecule has 1 saturated heterocycles. The Morgan fingerprint density at radius 2 is 1.95 bits per heavy atom. The molecule has 0 saturated carbocycles. The molecule has 1 aromatic carbocycles. The second kappa shape index (κ2) is 4.97. The van der Waals surface area contributed by atoms with Gasteiger partial charge in [0.2, 0.25) is 0 Å². The van der Waals surface area contributed by atoms with E-state index in [9.17, 15) is 9.90 Å². The second-order valence-corrected chi connectivity index (χ2v) is 6.64. The van der Waals surface area contributed by atoms with Crippen LogP contribution in [0.15, 0.2) is 24.3 Å². The van der Waals surface area contributed by atoms with Crippen LogP contribution < -0.4 is 5.32 Å². The Balaban J connectivity index is 2.17. The first-order valence-corrected chi connectivity index (χ1v) is 6.87. The van der Waals surface area contributed by atoms with Crippen molar-refractivity contribution >= 4 is 5.97 Å². The molecule has 1 aliphatic heterocycles. The molecule has 0 aliphatic carbocycles. The molecule has 104 valence electrons. The van der Waals surface area contributed by atoms with Gasteiger partial charge in [0.1, 0.15) is 0 Å². The Bertz CT molecular complexity index is 451. The lowest BCUT2D eigenvalue weighted by Gasteiger charge is -2.24. The van der Waals surface area contributed by atoms with Crippen molar-refractivity contribution in [2.45, 2.75) is 39.0 Å². The molecule has 0 aromatic heterocycles. The summed E-state index contributed by atoms with van der Waals surface area (Å²) in [6, 6.07) is 8.38. The van der Waals surface area contributed by atoms with Crippen molar-refractivity contribution in [3.63, 3.8) is 0 Å². The fraction of sp³-hybridized carbons (Fsp3) is 0.562. The molecule has 3 nitrogen and oxygen atoms in total. The van der Waals surface area contributed by atoms with Gasteiger partial charge in [-0.05, 0) is 35.9 Å². The highest BCUT2D eigenvalue weighted by Gasteiger charge is 2.41. The van der Waals surface area contributed by atoms with E-state index in [2.05, 4.69) is 50.4 Å². The molecule has 19 heavy (non-hydrogen) atoms. The number of rotatable bonds is 3. The average Bonchev–Trinajstić information content (AvgIpc) is 2.78. The zero-order valence-electron chi connectivity index (χ0n) is 12.0. The Morgan fingerprint density at radius 1 is 1.32 bits per heavy atom. The highest BCUT2D eigenvalue weighted by atomic mass is 16.4. The normalized spacial score (nSPS) is 23.5. The van der Waals surface area contributed by atoms with Crippen LogP contribution >= 0.6 is 0 Å². The number of aliphatic carboxylic acids is 1. The van der Waals surface area contributed by atoms with Gasteiger partial charge in [-0.25, -0.2) is 0 Å². The van der Waals surface area contributed by atoms with Crippen LogP contribution in [0, 0.1) is 5.41 Å². The predicted octanol–water partition coefficient (Wildman–Crippen LogP) is 2.59. The SMILES string of the molecule is CC(C)(C)c1ccc(CC2(C(=O)O)CCNC2)cc1. The number of carbonyl (C=O) groups is 1. The summed E-state index contributed by atoms with van der Waals surface area (Å²) in [7, 11) is 0. The number of carboxylic acid groups (broad SMARTS) is 1. The van der Waals surface area contributed by atoms with Gasteiger partial charge in [-0.2, -0.15) is 0 Å². The summed E-state index contributed by atoms with van der Waals surface area (Å²) in [4.78, 5) is 11.5. The molecule has 2 rings (SSSR count). The van der Waals surface area contributed by atoms with Crippen LogP contribution in [-0.2, 0) is 16.6 Å². The number of hydrogen-bond acceptors (Lipinski definition) is 2. The standard InChI is InChI=1S/C16H23NO2/c1-15(2,3)13-6-4-12(5-7-13)10-16(14(18)19)8-9-17-11-16/h4-7,17H,8-11H2,1-3H3,(H,18,19). The zero-order valence-corrected chi connectivity index (χ0v) is 12.0. The minimum atomic E-state index is -0.683. The van der Waals surface area contributed by atoms with Crippen molar-refractivity contribution in [3.8, 4) is 0 Å². The van der Waals surface area contributed by atoms with Crippen molar-refractivity contribution in [2.24, 2.45) is 5.41 Å². The molecular weight excluding hydrogens is 238 g/mol. The monoisotopic (exact) mass is 261 g/mol. The molecule has 1 unspecified atom stereocenters. The molecule has 0 bridgehead atoms. The van der Waals surface area contributed by atoms with E-state index < -0.39 is 11.4 Å². The van der Waals surface area contributed by atoms with Gasteiger partial charge in [-0.3, -0.25) is 4.79 Å². The molecule has 2 N–H and O–H groups in total. The Hall–Kier alpha value is -1.35. The van der Waals surface area contributed by atoms with Crippen LogP contribution in [0.2, 0.25) is 0 Å². The fourth-order valence-electron chi connectivity index (χ4n) is 2.67. The van der Waals surface area contributed by atoms with Gasteiger partial charge in [0.25, 0.3) is 0 Å². The highest BCUT2D eigenvalue weighted by Crippen LogP contribution is 2.31. The van der Waals surface area contributed by atoms with E-state index in [1.807, 2.05) is 0 Å². The molecular formula is C16H23NO2. The van der Waals surface area contributed by atoms with Crippen molar-refractivity contribution in [3.05, 3.63) is 35.4 Å². The topological polar surface area (TPSA) is 49.3 Å². The highest BCUT2D eigenvalue weighted by molar-refractivity contribution is 5.76. The van der Waals surface area contributed by atoms with Gasteiger partial charge in [-0.15, -0.1) is 0 Å². The number of hydrogen-bond donors (Lipinski definition) is 2. The van der Waals surface area contributed by atoms with Crippen molar-refractivity contribution in [1.82, 2.24) is 5.32 Å². The first kappa shape index (κ1) is 14.1. The Morgan fingerprint density at radius 3 is 2.37 bits per heavy atom. The van der Waals surface area contributed by atoms with E-state index in [4.69, 9.17) is 0 Å². The number of benzene rings is 1. The minimum absolute atomic E-state index is 0.137. The predicted molar refractivity (Wildman–Crippen MR) is 76.4 cm³/mol. The lowest BCUT2D eigenvalue weighted by molar-refractivity contribution is -0.147. The third-order valence-corrected chi connectivity index (χ3v) is 4.06. The summed E-state index contributed by atoms with van der Waals surface area (Å²) in [5.41, 5.74) is 1.91. The summed E-state index contributed by atoms with van der Waals surface area (Å²) in [5.74, 6) is -0.683. The summed E-state index contributed by atoms with van der Waals surface area (Å²) < 4.78 is 0. The van der Waals surface area contributed by atoms with Crippen LogP contribution in [0.3, 0.4) is 0 Å². The van der Waals surface area contributed by atoms with Gasteiger partial charge in [0, 0.05) is 6.54 Å². The maximum absolute atomic E-state index is 11.5. The summed E-state index contributed by atoms with van der Waals surface area (Å²) in [6.07, 6.45) is 1.32. The maximum Gasteiger partial charge on any atom is 0.311 e. The minimum Gasteiger partial charge on any atom is -0.481 e. The fourth-order valence-corrected chi connectivity index (χ4v) is 2.67. The summed E-state index contributed by atoms with van der Waals surface area (Å²) in [6.45, 7) is 7.92. The van der Waals surface area contributed by atoms with Crippen LogP contribution in [0.1, 0.15) is 38.3 Å². The zero-order chi connectivity index (χ0) is 14.1. The maximum atomic E-state index is 11.5. The quantitative estimate of drug-likeness (QED) is 0.879. The molecule has 0 spiro atoms. The largest absolute Gasteiger partial charge is 0.481 e. The van der Waals surface area contributed by atoms with Gasteiger partial charge < -0.3 is 10.4 Å². The van der Waals surface area contributed by atoms with Crippen LogP contribution in [0.4, 0.5) is 0 Å². The van der Waals surface area contributed by atoms with Crippen LogP contribution in [0.5, 0.6) is 0 Å². The number of carboxylic acids is 1. The molecule has 1 atom stereocenters. The summed E-state index contributed by atoms with van der Waals surface area (Å²) in [5, 5.41) is 12.6. The van der Waals surface area contributed by atoms with Gasteiger partial charge >= 0.3 is 5.97 Å². The van der Waals surface area contributed by atoms with E-state index in [1.54, 1.807) is 0 Å². The molecule has 1 aromatic rings. The summed E-state index contributed by atoms with van der Waals surface area (Å²) >= 11 is 0. The van der Waals surface area contributed by atoms with Gasteiger partial charge in [0.05, 0.1) is 5.41 Å². The third-order valence-electron chi connectivity index (χ3n) is 4.06. The molecule has 1 aliphatic rings. The first-order valence-electron chi connectivity index (χ1n) is 6.87. The van der Waals surface area contributed by atoms with Crippen molar-refractivity contribution in [1.29, 1.82) is 0 Å². The van der Waals surface area contributed by atoms with Gasteiger partial charge in [0.15, 0.2) is 0 Å². The van der Waals surface area contributed by atoms with Crippen LogP contribution in [0.25, 0.3) is 0 Å². The lowest BCUT2D eigenvalue weighted by atomic mass is 9.80. The molecule has 0 radical (unpaired) electrons. The smallest absolute Gasteiger partial charge is 0.311 e. The molecule has 3 heteroatoms. The second-order valence-electron chi connectivity index (χ2n) is 6.64. The van der Waals surface area contributed by atoms with Gasteiger partial charge in [-0.1, -0.05) is 45.0 Å². The third kappa shape index (κ3) is 2.98. The molecule has 0 amide bonds. The van der Waals surface area contributed by atoms with E-state index in [0.717, 1.165) is 12.1 Å². The first-order chi connectivity index (χ1) is 8.83. The van der Waals surface area contributed by atoms with E-state index >= 15 is 0 Å². The number of nitrogens with one attached hydrogen (secondary N) is 1. The van der Waals surface area contributed by atoms with E-state index in [-0.39, 0.29) is 5.41 Å². The molecule has 1 heterocycles. The van der Waals surface area contributed by atoms with Crippen molar-refractivity contribution < 1.29 is 9.90 Å². The van der Waals surface area contributed by atoms with E-state index in [1.165, 1.54) is 5.56 Å². The lowest BCUT2D eigenvalue weighted by Crippen LogP contribution is -2.35. The Kier molecular flexibility index (Phi) is 3.68. The van der Waals surface area contributed by atoms with Crippen LogP contribution in [-0.4, -0.2) is 24.2 Å². The van der Waals surface area contributed by atoms with Crippen molar-refractivity contribution in [2.75, 3.05) is 13.1 Å². The molecule has 1 fully saturated rings. The Labute approximate surface area is 115 Å². The average molecular weight is 261 g/mol.